The van der Waals surface area contributed by atoms with Gasteiger partial charge in [0, 0.05) is 55.2 Å². The van der Waals surface area contributed by atoms with Gasteiger partial charge in [0.1, 0.15) is 5.75 Å². The minimum atomic E-state index is -0.371. The Balaban J connectivity index is 0.00000342. The van der Waals surface area contributed by atoms with Crippen molar-refractivity contribution in [3.8, 4) is 5.75 Å². The van der Waals surface area contributed by atoms with Crippen LogP contribution in [0.15, 0.2) is 48.5 Å². The Morgan fingerprint density at radius 1 is 1.09 bits per heavy atom. The second-order valence-electron chi connectivity index (χ2n) is 9.52. The van der Waals surface area contributed by atoms with Crippen LogP contribution >= 0.6 is 12.4 Å². The minimum absolute atomic E-state index is 0. The average molecular weight is 498 g/mol. The summed E-state index contributed by atoms with van der Waals surface area (Å²) in [7, 11) is 0. The number of amides is 1. The van der Waals surface area contributed by atoms with E-state index >= 15 is 0 Å². The van der Waals surface area contributed by atoms with E-state index in [0.717, 1.165) is 55.5 Å². The van der Waals surface area contributed by atoms with Crippen molar-refractivity contribution in [2.24, 2.45) is 0 Å². The molecule has 6 nitrogen and oxygen atoms in total. The van der Waals surface area contributed by atoms with Crippen molar-refractivity contribution >= 4 is 35.2 Å². The summed E-state index contributed by atoms with van der Waals surface area (Å²) >= 11 is 0. The lowest BCUT2D eigenvalue weighted by Gasteiger charge is -2.32. The molecule has 2 aromatic carbocycles. The first-order valence-corrected chi connectivity index (χ1v) is 12.2. The van der Waals surface area contributed by atoms with E-state index in [9.17, 15) is 9.59 Å². The summed E-state index contributed by atoms with van der Waals surface area (Å²) in [5.41, 5.74) is 3.94. The standard InChI is InChI=1S/C28H35N3O3.ClH/c1-19(2)31-20(3)27(25-18-24(34-21(4)32)10-11-26(25)31)28(33)29-23-13-16-30(17-14-23)15-12-22-8-6-5-7-9-22;/h5-11,18-19,23H,12-17H2,1-4H3,(H,29,33);1H. The van der Waals surface area contributed by atoms with E-state index in [1.165, 1.54) is 12.5 Å². The largest absolute Gasteiger partial charge is 0.427 e. The molecule has 1 aliphatic rings. The Kier molecular flexibility index (Phi) is 8.98. The summed E-state index contributed by atoms with van der Waals surface area (Å²) in [6.07, 6.45) is 2.94. The van der Waals surface area contributed by atoms with E-state index in [0.29, 0.717) is 11.3 Å². The van der Waals surface area contributed by atoms with E-state index in [1.54, 1.807) is 6.07 Å². The van der Waals surface area contributed by atoms with Crippen molar-refractivity contribution in [1.82, 2.24) is 14.8 Å². The predicted octanol–water partition coefficient (Wildman–Crippen LogP) is 5.31. The number of hydrogen-bond acceptors (Lipinski definition) is 4. The molecule has 0 saturated carbocycles. The van der Waals surface area contributed by atoms with Crippen LogP contribution in [0.25, 0.3) is 10.9 Å². The normalized spacial score (nSPS) is 14.7. The number of aromatic nitrogens is 1. The quantitative estimate of drug-likeness (QED) is 0.354. The maximum Gasteiger partial charge on any atom is 0.308 e. The van der Waals surface area contributed by atoms with Crippen LogP contribution in [0.1, 0.15) is 61.3 Å². The molecule has 2 heterocycles. The Morgan fingerprint density at radius 3 is 2.40 bits per heavy atom. The van der Waals surface area contributed by atoms with Gasteiger partial charge in [-0.05, 0) is 63.8 Å². The van der Waals surface area contributed by atoms with Crippen LogP contribution in [0.2, 0.25) is 0 Å². The molecule has 188 valence electrons. The fourth-order valence-corrected chi connectivity index (χ4v) is 5.09. The van der Waals surface area contributed by atoms with Crippen molar-refractivity contribution in [3.05, 3.63) is 65.4 Å². The lowest BCUT2D eigenvalue weighted by Crippen LogP contribution is -2.45. The molecule has 0 spiro atoms. The van der Waals surface area contributed by atoms with Crippen molar-refractivity contribution < 1.29 is 14.3 Å². The molecule has 3 aromatic rings. The number of esters is 1. The maximum atomic E-state index is 13.5. The second kappa shape index (κ2) is 11.7. The van der Waals surface area contributed by atoms with E-state index in [1.807, 2.05) is 19.1 Å². The van der Waals surface area contributed by atoms with Gasteiger partial charge in [-0.25, -0.2) is 0 Å². The van der Waals surface area contributed by atoms with Crippen LogP contribution in [-0.2, 0) is 11.2 Å². The van der Waals surface area contributed by atoms with Gasteiger partial charge in [0.05, 0.1) is 5.56 Å². The third-order valence-corrected chi connectivity index (χ3v) is 6.71. The van der Waals surface area contributed by atoms with E-state index in [-0.39, 0.29) is 36.4 Å². The molecule has 35 heavy (non-hydrogen) atoms. The lowest BCUT2D eigenvalue weighted by molar-refractivity contribution is -0.131. The van der Waals surface area contributed by atoms with Crippen molar-refractivity contribution in [1.29, 1.82) is 0 Å². The van der Waals surface area contributed by atoms with Gasteiger partial charge in [0.2, 0.25) is 0 Å². The number of fused-ring (bicyclic) bond motifs is 1. The van der Waals surface area contributed by atoms with Crippen LogP contribution in [-0.4, -0.2) is 47.0 Å². The number of hydrogen-bond donors (Lipinski definition) is 1. The molecular formula is C28H36ClN3O3. The van der Waals surface area contributed by atoms with Crippen LogP contribution in [0.3, 0.4) is 0 Å². The van der Waals surface area contributed by atoms with Crippen LogP contribution in [0, 0.1) is 6.92 Å². The predicted molar refractivity (Wildman–Crippen MR) is 143 cm³/mol. The van der Waals surface area contributed by atoms with Crippen molar-refractivity contribution in [2.75, 3.05) is 19.6 Å². The van der Waals surface area contributed by atoms with Crippen LogP contribution in [0.5, 0.6) is 5.75 Å². The van der Waals surface area contributed by atoms with Crippen LogP contribution < -0.4 is 10.1 Å². The minimum Gasteiger partial charge on any atom is -0.427 e. The Bertz CT molecular complexity index is 1170. The van der Waals surface area contributed by atoms with E-state index < -0.39 is 0 Å². The highest BCUT2D eigenvalue weighted by molar-refractivity contribution is 6.09. The molecule has 1 saturated heterocycles. The number of piperidine rings is 1. The molecular weight excluding hydrogens is 462 g/mol. The first-order valence-electron chi connectivity index (χ1n) is 12.2. The third-order valence-electron chi connectivity index (χ3n) is 6.71. The van der Waals surface area contributed by atoms with Gasteiger partial charge in [-0.2, -0.15) is 0 Å². The molecule has 1 aromatic heterocycles. The molecule has 0 unspecified atom stereocenters. The van der Waals surface area contributed by atoms with Crippen molar-refractivity contribution in [2.45, 2.75) is 59.0 Å². The van der Waals surface area contributed by atoms with Gasteiger partial charge in [-0.1, -0.05) is 30.3 Å². The second-order valence-corrected chi connectivity index (χ2v) is 9.52. The molecule has 1 fully saturated rings. The number of ether oxygens (including phenoxy) is 1. The topological polar surface area (TPSA) is 63.6 Å². The van der Waals surface area contributed by atoms with Gasteiger partial charge in [0.25, 0.3) is 5.91 Å². The lowest BCUT2D eigenvalue weighted by atomic mass is 10.0. The molecule has 0 radical (unpaired) electrons. The van der Waals surface area contributed by atoms with Crippen LogP contribution in [0.4, 0.5) is 0 Å². The monoisotopic (exact) mass is 497 g/mol. The van der Waals surface area contributed by atoms with Gasteiger partial charge in [-0.15, -0.1) is 12.4 Å². The maximum absolute atomic E-state index is 13.5. The Morgan fingerprint density at radius 2 is 1.77 bits per heavy atom. The number of nitrogens with one attached hydrogen (secondary N) is 1. The zero-order chi connectivity index (χ0) is 24.2. The molecule has 0 aliphatic carbocycles. The van der Waals surface area contributed by atoms with Gasteiger partial charge in [-0.3, -0.25) is 9.59 Å². The van der Waals surface area contributed by atoms with Gasteiger partial charge in [0.15, 0.2) is 0 Å². The fourth-order valence-electron chi connectivity index (χ4n) is 5.09. The fraction of sp³-hybridized carbons (Fsp3) is 0.429. The van der Waals surface area contributed by atoms with E-state index in [4.69, 9.17) is 4.74 Å². The summed E-state index contributed by atoms with van der Waals surface area (Å²) in [5, 5.41) is 4.11. The summed E-state index contributed by atoms with van der Waals surface area (Å²) < 4.78 is 7.47. The summed E-state index contributed by atoms with van der Waals surface area (Å²) in [6, 6.07) is 16.5. The Hall–Kier alpha value is -2.83. The number of carbonyl (C=O) groups excluding carboxylic acids is 2. The molecule has 0 atom stereocenters. The number of nitrogens with zero attached hydrogens (tertiary/aromatic N) is 2. The number of benzene rings is 2. The highest BCUT2D eigenvalue weighted by Crippen LogP contribution is 2.32. The molecule has 1 amide bonds. The average Bonchev–Trinajstić information content (AvgIpc) is 3.10. The molecule has 1 aliphatic heterocycles. The smallest absolute Gasteiger partial charge is 0.308 e. The number of carbonyl (C=O) groups is 2. The number of likely N-dealkylation sites (tertiary alicyclic amines) is 1. The first kappa shape index (κ1) is 26.8. The molecule has 1 N–H and O–H groups in total. The Labute approximate surface area is 214 Å². The first-order chi connectivity index (χ1) is 16.3. The molecule has 4 rings (SSSR count). The highest BCUT2D eigenvalue weighted by Gasteiger charge is 2.26. The van der Waals surface area contributed by atoms with Gasteiger partial charge >= 0.3 is 5.97 Å². The summed E-state index contributed by atoms with van der Waals surface area (Å²) in [4.78, 5) is 27.4. The summed E-state index contributed by atoms with van der Waals surface area (Å²) in [6.45, 7) is 10.6. The number of rotatable bonds is 7. The zero-order valence-electron chi connectivity index (χ0n) is 21.0. The summed E-state index contributed by atoms with van der Waals surface area (Å²) in [5.74, 6) is 0.0377. The van der Waals surface area contributed by atoms with E-state index in [2.05, 4.69) is 59.0 Å². The highest BCUT2D eigenvalue weighted by atomic mass is 35.5. The number of halogens is 1. The van der Waals surface area contributed by atoms with Gasteiger partial charge < -0.3 is 19.5 Å². The SMILES string of the molecule is CC(=O)Oc1ccc2c(c1)c(C(=O)NC1CCN(CCc3ccccc3)CC1)c(C)n2C(C)C.Cl. The molecule has 0 bridgehead atoms. The molecule has 7 heteroatoms. The zero-order valence-corrected chi connectivity index (χ0v) is 21.9. The van der Waals surface area contributed by atoms with Crippen molar-refractivity contribution in [3.63, 3.8) is 0 Å². The third kappa shape index (κ3) is 6.24.